The number of hydrogen-bond acceptors (Lipinski definition) is 5. The van der Waals surface area contributed by atoms with Gasteiger partial charge in [0.25, 0.3) is 11.6 Å². The molecular weight excluding hydrogens is 324 g/mol. The van der Waals surface area contributed by atoms with Gasteiger partial charge in [0.2, 0.25) is 0 Å². The molecule has 0 unspecified atom stereocenters. The predicted octanol–water partition coefficient (Wildman–Crippen LogP) is 0.880. The Bertz CT molecular complexity index is 1090. The van der Waals surface area contributed by atoms with Crippen LogP contribution in [0.4, 0.5) is 0 Å². The van der Waals surface area contributed by atoms with Crippen molar-refractivity contribution in [2.75, 3.05) is 6.61 Å². The Morgan fingerprint density at radius 3 is 2.88 bits per heavy atom. The van der Waals surface area contributed by atoms with E-state index >= 15 is 0 Å². The number of ether oxygens (including phenoxy) is 2. The second-order valence-corrected chi connectivity index (χ2v) is 6.29. The van der Waals surface area contributed by atoms with Gasteiger partial charge in [-0.25, -0.2) is 4.79 Å². The SMILES string of the molecule is Cc1ccc(OC[C@@H]2Cn3c(nc4c3c(=O)[nH]c(=O)n4C)O2)cc1C. The summed E-state index contributed by atoms with van der Waals surface area (Å²) in [5, 5.41) is 0. The number of benzene rings is 1. The monoisotopic (exact) mass is 342 g/mol. The number of nitrogens with zero attached hydrogens (tertiary/aromatic N) is 3. The van der Waals surface area contributed by atoms with Gasteiger partial charge in [0.05, 0.1) is 6.54 Å². The summed E-state index contributed by atoms with van der Waals surface area (Å²) in [5.74, 6) is 0.779. The lowest BCUT2D eigenvalue weighted by Gasteiger charge is -2.12. The Morgan fingerprint density at radius 1 is 1.32 bits per heavy atom. The average molecular weight is 342 g/mol. The van der Waals surface area contributed by atoms with Crippen molar-refractivity contribution in [3.8, 4) is 11.8 Å². The first kappa shape index (κ1) is 15.5. The van der Waals surface area contributed by atoms with Crippen molar-refractivity contribution < 1.29 is 9.47 Å². The molecule has 0 radical (unpaired) electrons. The van der Waals surface area contributed by atoms with Crippen LogP contribution in [0.2, 0.25) is 0 Å². The van der Waals surface area contributed by atoms with Crippen molar-refractivity contribution in [2.45, 2.75) is 26.5 Å². The smallest absolute Gasteiger partial charge is 0.329 e. The van der Waals surface area contributed by atoms with Crippen molar-refractivity contribution >= 4 is 11.2 Å². The molecule has 0 bridgehead atoms. The zero-order valence-corrected chi connectivity index (χ0v) is 14.2. The van der Waals surface area contributed by atoms with Crippen molar-refractivity contribution in [1.82, 2.24) is 19.1 Å². The van der Waals surface area contributed by atoms with E-state index in [9.17, 15) is 9.59 Å². The summed E-state index contributed by atoms with van der Waals surface area (Å²) in [6.07, 6.45) is -0.245. The van der Waals surface area contributed by atoms with Crippen LogP contribution in [0.15, 0.2) is 27.8 Å². The Balaban J connectivity index is 1.55. The summed E-state index contributed by atoms with van der Waals surface area (Å²) in [6.45, 7) is 4.87. The van der Waals surface area contributed by atoms with Crippen LogP contribution in [0.25, 0.3) is 11.2 Å². The fourth-order valence-electron chi connectivity index (χ4n) is 2.94. The minimum Gasteiger partial charge on any atom is -0.490 e. The standard InChI is InChI=1S/C17H18N4O4/c1-9-4-5-11(6-10(9)2)24-8-12-7-21-13-14(18-17(21)25-12)20(3)16(23)19-15(13)22/h4-6,12H,7-8H2,1-3H3,(H,19,22,23)/t12-/m0/s1. The third-order valence-corrected chi connectivity index (χ3v) is 4.54. The first-order valence-electron chi connectivity index (χ1n) is 8.00. The highest BCUT2D eigenvalue weighted by molar-refractivity contribution is 5.72. The fraction of sp³-hybridized carbons (Fsp3) is 0.353. The number of aryl methyl sites for hydroxylation is 3. The summed E-state index contributed by atoms with van der Waals surface area (Å²) in [4.78, 5) is 30.3. The molecule has 0 spiro atoms. The third-order valence-electron chi connectivity index (χ3n) is 4.54. The lowest BCUT2D eigenvalue weighted by molar-refractivity contribution is 0.144. The molecule has 0 saturated heterocycles. The van der Waals surface area contributed by atoms with Gasteiger partial charge < -0.3 is 9.47 Å². The Morgan fingerprint density at radius 2 is 2.12 bits per heavy atom. The van der Waals surface area contributed by atoms with Gasteiger partial charge in [-0.3, -0.25) is 18.9 Å². The van der Waals surface area contributed by atoms with Gasteiger partial charge >= 0.3 is 5.69 Å². The maximum atomic E-state index is 12.1. The molecule has 3 aromatic rings. The van der Waals surface area contributed by atoms with Crippen LogP contribution >= 0.6 is 0 Å². The largest absolute Gasteiger partial charge is 0.490 e. The van der Waals surface area contributed by atoms with Crippen LogP contribution in [-0.2, 0) is 13.6 Å². The van der Waals surface area contributed by atoms with Gasteiger partial charge in [-0.15, -0.1) is 0 Å². The molecule has 25 heavy (non-hydrogen) atoms. The molecular formula is C17H18N4O4. The molecule has 1 aliphatic heterocycles. The van der Waals surface area contributed by atoms with Gasteiger partial charge in [0, 0.05) is 7.05 Å². The number of hydrogen-bond donors (Lipinski definition) is 1. The molecule has 0 aliphatic carbocycles. The van der Waals surface area contributed by atoms with Gasteiger partial charge in [0.15, 0.2) is 17.3 Å². The summed E-state index contributed by atoms with van der Waals surface area (Å²) < 4.78 is 14.6. The molecule has 0 saturated carbocycles. The lowest BCUT2D eigenvalue weighted by atomic mass is 10.1. The molecule has 1 atom stereocenters. The van der Waals surface area contributed by atoms with Crippen molar-refractivity contribution in [3.63, 3.8) is 0 Å². The number of rotatable bonds is 3. The highest BCUT2D eigenvalue weighted by atomic mass is 16.6. The molecule has 2 aromatic heterocycles. The van der Waals surface area contributed by atoms with Crippen molar-refractivity contribution in [1.29, 1.82) is 0 Å². The zero-order valence-electron chi connectivity index (χ0n) is 14.2. The maximum Gasteiger partial charge on any atom is 0.329 e. The first-order valence-corrected chi connectivity index (χ1v) is 8.00. The van der Waals surface area contributed by atoms with E-state index in [-0.39, 0.29) is 6.10 Å². The van der Waals surface area contributed by atoms with Gasteiger partial charge in [-0.05, 0) is 37.1 Å². The molecule has 0 amide bonds. The number of nitrogens with one attached hydrogen (secondary N) is 1. The minimum atomic E-state index is -0.496. The highest BCUT2D eigenvalue weighted by Gasteiger charge is 2.29. The number of imidazole rings is 1. The fourth-order valence-corrected chi connectivity index (χ4v) is 2.94. The summed E-state index contributed by atoms with van der Waals surface area (Å²) in [5.41, 5.74) is 2.07. The minimum absolute atomic E-state index is 0.245. The van der Waals surface area contributed by atoms with Crippen LogP contribution in [-0.4, -0.2) is 31.8 Å². The Kier molecular flexibility index (Phi) is 3.41. The van der Waals surface area contributed by atoms with Gasteiger partial charge in [0.1, 0.15) is 12.4 Å². The molecule has 3 heterocycles. The second kappa shape index (κ2) is 5.51. The van der Waals surface area contributed by atoms with Crippen LogP contribution in [0, 0.1) is 13.8 Å². The number of H-pyrrole nitrogens is 1. The molecule has 8 heteroatoms. The normalized spacial score (nSPS) is 16.0. The van der Waals surface area contributed by atoms with E-state index in [0.717, 1.165) is 11.3 Å². The Hall–Kier alpha value is -3.03. The van der Waals surface area contributed by atoms with E-state index in [2.05, 4.69) is 9.97 Å². The van der Waals surface area contributed by atoms with E-state index in [1.54, 1.807) is 11.6 Å². The highest BCUT2D eigenvalue weighted by Crippen LogP contribution is 2.25. The second-order valence-electron chi connectivity index (χ2n) is 6.29. The molecule has 1 aliphatic rings. The van der Waals surface area contributed by atoms with E-state index < -0.39 is 11.2 Å². The summed E-state index contributed by atoms with van der Waals surface area (Å²) in [7, 11) is 1.56. The van der Waals surface area contributed by atoms with Gasteiger partial charge in [-0.1, -0.05) is 6.07 Å². The van der Waals surface area contributed by atoms with E-state index in [1.165, 1.54) is 10.1 Å². The average Bonchev–Trinajstić information content (AvgIpc) is 3.11. The number of fused-ring (bicyclic) bond motifs is 3. The summed E-state index contributed by atoms with van der Waals surface area (Å²) in [6, 6.07) is 6.25. The number of aromatic nitrogens is 4. The van der Waals surface area contributed by atoms with E-state index in [0.29, 0.717) is 30.3 Å². The predicted molar refractivity (Wildman–Crippen MR) is 91.4 cm³/mol. The topological polar surface area (TPSA) is 91.1 Å². The van der Waals surface area contributed by atoms with Crippen molar-refractivity contribution in [3.05, 3.63) is 50.2 Å². The third kappa shape index (κ3) is 2.50. The van der Waals surface area contributed by atoms with Crippen LogP contribution in [0.1, 0.15) is 11.1 Å². The van der Waals surface area contributed by atoms with Crippen LogP contribution < -0.4 is 20.7 Å². The quantitative estimate of drug-likeness (QED) is 0.763. The molecule has 130 valence electrons. The molecule has 4 rings (SSSR count). The van der Waals surface area contributed by atoms with Gasteiger partial charge in [-0.2, -0.15) is 4.98 Å². The van der Waals surface area contributed by atoms with Crippen LogP contribution in [0.3, 0.4) is 0 Å². The van der Waals surface area contributed by atoms with Crippen LogP contribution in [0.5, 0.6) is 11.8 Å². The molecule has 0 fully saturated rings. The van der Waals surface area contributed by atoms with E-state index in [4.69, 9.17) is 9.47 Å². The lowest BCUT2D eigenvalue weighted by Crippen LogP contribution is -2.30. The van der Waals surface area contributed by atoms with Crippen molar-refractivity contribution in [2.24, 2.45) is 7.05 Å². The molecule has 8 nitrogen and oxygen atoms in total. The van der Waals surface area contributed by atoms with E-state index in [1.807, 2.05) is 32.0 Å². The first-order chi connectivity index (χ1) is 11.9. The number of aromatic amines is 1. The maximum absolute atomic E-state index is 12.1. The Labute approximate surface area is 142 Å². The zero-order chi connectivity index (χ0) is 17.7. The molecule has 1 N–H and O–H groups in total. The molecule has 1 aromatic carbocycles. The summed E-state index contributed by atoms with van der Waals surface area (Å²) >= 11 is 0.